The molecule has 0 unspecified atom stereocenters. The van der Waals surface area contributed by atoms with E-state index < -0.39 is 32.5 Å². The van der Waals surface area contributed by atoms with Crippen molar-refractivity contribution in [2.75, 3.05) is 11.9 Å². The molecule has 0 aliphatic rings. The molecule has 0 atom stereocenters. The van der Waals surface area contributed by atoms with Crippen molar-refractivity contribution in [3.05, 3.63) is 87.9 Å². The maximum atomic E-state index is 13.3. The third-order valence-corrected chi connectivity index (χ3v) is 8.18. The van der Waals surface area contributed by atoms with Gasteiger partial charge in [0.25, 0.3) is 0 Å². The van der Waals surface area contributed by atoms with Crippen molar-refractivity contribution in [2.24, 2.45) is 5.14 Å². The van der Waals surface area contributed by atoms with Crippen LogP contribution in [0.25, 0.3) is 0 Å². The van der Waals surface area contributed by atoms with E-state index in [4.69, 9.17) is 16.7 Å². The summed E-state index contributed by atoms with van der Waals surface area (Å²) in [5.74, 6) is -0.619. The fraction of sp³-hybridized carbons (Fsp3) is 0.0952. The lowest BCUT2D eigenvalue weighted by atomic mass is 10.2. The highest BCUT2D eigenvalue weighted by atomic mass is 79.9. The molecule has 12 heteroatoms. The third-order valence-electron chi connectivity index (χ3n) is 4.54. The van der Waals surface area contributed by atoms with Gasteiger partial charge in [0.05, 0.1) is 16.3 Å². The van der Waals surface area contributed by atoms with Crippen molar-refractivity contribution in [3.8, 4) is 0 Å². The summed E-state index contributed by atoms with van der Waals surface area (Å²) in [6.07, 6.45) is 0. The largest absolute Gasteiger partial charge is 0.325 e. The van der Waals surface area contributed by atoms with Crippen LogP contribution in [0.15, 0.2) is 87.1 Å². The predicted octanol–water partition coefficient (Wildman–Crippen LogP) is 3.58. The summed E-state index contributed by atoms with van der Waals surface area (Å²) < 4.78 is 51.1. The molecule has 3 N–H and O–H groups in total. The summed E-state index contributed by atoms with van der Waals surface area (Å²) in [7, 11) is -7.92. The summed E-state index contributed by atoms with van der Waals surface area (Å²) in [4.78, 5) is 12.6. The number of primary sulfonamides is 1. The van der Waals surface area contributed by atoms with Crippen LogP contribution in [0.2, 0.25) is 5.02 Å². The van der Waals surface area contributed by atoms with Crippen LogP contribution in [0, 0.1) is 0 Å². The van der Waals surface area contributed by atoms with Crippen LogP contribution in [0.1, 0.15) is 5.56 Å². The van der Waals surface area contributed by atoms with E-state index in [1.165, 1.54) is 36.4 Å². The first-order valence-electron chi connectivity index (χ1n) is 9.38. The Kier molecular flexibility index (Phi) is 7.93. The lowest BCUT2D eigenvalue weighted by molar-refractivity contribution is -0.116. The molecule has 1 amide bonds. The zero-order valence-corrected chi connectivity index (χ0v) is 21.0. The molecule has 0 bridgehead atoms. The van der Waals surface area contributed by atoms with E-state index in [0.29, 0.717) is 15.1 Å². The van der Waals surface area contributed by atoms with Gasteiger partial charge in [0.1, 0.15) is 0 Å². The van der Waals surface area contributed by atoms with Crippen LogP contribution in [-0.2, 0) is 31.4 Å². The molecule has 8 nitrogen and oxygen atoms in total. The van der Waals surface area contributed by atoms with Crippen LogP contribution in [0.5, 0.6) is 0 Å². The van der Waals surface area contributed by atoms with Gasteiger partial charge in [0, 0.05) is 21.7 Å². The molecular weight excluding hydrogens is 554 g/mol. The van der Waals surface area contributed by atoms with E-state index in [-0.39, 0.29) is 22.0 Å². The summed E-state index contributed by atoms with van der Waals surface area (Å²) in [6.45, 7) is -0.629. The molecule has 0 heterocycles. The number of carbonyl (C=O) groups is 1. The average Bonchev–Trinajstić information content (AvgIpc) is 2.75. The fourth-order valence-corrected chi connectivity index (χ4v) is 5.24. The number of nitrogens with zero attached hydrogens (tertiary/aromatic N) is 1. The number of rotatable bonds is 8. The van der Waals surface area contributed by atoms with Crippen molar-refractivity contribution in [2.45, 2.75) is 16.3 Å². The molecule has 174 valence electrons. The Hall–Kier alpha value is -2.28. The normalized spacial score (nSPS) is 12.0. The highest BCUT2D eigenvalue weighted by Gasteiger charge is 2.27. The Balaban J connectivity index is 1.86. The van der Waals surface area contributed by atoms with Crippen molar-refractivity contribution in [3.63, 3.8) is 0 Å². The molecule has 0 spiro atoms. The number of nitrogens with one attached hydrogen (secondary N) is 1. The van der Waals surface area contributed by atoms with Gasteiger partial charge in [-0.25, -0.2) is 22.0 Å². The third kappa shape index (κ3) is 6.62. The number of sulfonamides is 2. The molecule has 3 rings (SSSR count). The predicted molar refractivity (Wildman–Crippen MR) is 130 cm³/mol. The van der Waals surface area contributed by atoms with Gasteiger partial charge in [-0.15, -0.1) is 0 Å². The van der Waals surface area contributed by atoms with Gasteiger partial charge in [-0.1, -0.05) is 45.7 Å². The van der Waals surface area contributed by atoms with Crippen LogP contribution in [0.4, 0.5) is 5.69 Å². The highest BCUT2D eigenvalue weighted by molar-refractivity contribution is 9.10. The minimum absolute atomic E-state index is 0.0167. The minimum Gasteiger partial charge on any atom is -0.325 e. The number of anilines is 1. The fourth-order valence-electron chi connectivity index (χ4n) is 2.89. The Morgan fingerprint density at radius 1 is 0.909 bits per heavy atom. The zero-order valence-electron chi connectivity index (χ0n) is 17.0. The second-order valence-corrected chi connectivity index (χ2v) is 11.8. The SMILES string of the molecule is NS(=O)(=O)c1ccc(NC(=O)CN(Cc2ccccc2Cl)S(=O)(=O)c2ccc(Br)cc2)cc1. The van der Waals surface area contributed by atoms with Crippen molar-refractivity contribution < 1.29 is 21.6 Å². The van der Waals surface area contributed by atoms with Gasteiger partial charge >= 0.3 is 0 Å². The number of nitrogens with two attached hydrogens (primary N) is 1. The van der Waals surface area contributed by atoms with Crippen molar-refractivity contribution in [1.29, 1.82) is 0 Å². The first-order chi connectivity index (χ1) is 15.5. The minimum atomic E-state index is -4.05. The van der Waals surface area contributed by atoms with E-state index in [2.05, 4.69) is 21.2 Å². The summed E-state index contributed by atoms with van der Waals surface area (Å²) in [5, 5.41) is 8.00. The van der Waals surface area contributed by atoms with E-state index >= 15 is 0 Å². The Morgan fingerprint density at radius 2 is 1.48 bits per heavy atom. The standard InChI is InChI=1S/C21H19BrClN3O5S2/c22-16-5-9-19(10-6-16)33(30,31)26(13-15-3-1-2-4-20(15)23)14-21(27)25-17-7-11-18(12-8-17)32(24,28)29/h1-12H,13-14H2,(H,25,27)(H2,24,28,29). The maximum absolute atomic E-state index is 13.3. The molecule has 0 aliphatic carbocycles. The van der Waals surface area contributed by atoms with Gasteiger partial charge in [-0.05, 0) is 60.2 Å². The van der Waals surface area contributed by atoms with E-state index in [0.717, 1.165) is 4.31 Å². The zero-order chi connectivity index (χ0) is 24.2. The smallest absolute Gasteiger partial charge is 0.243 e. The number of benzene rings is 3. The molecule has 0 aliphatic heterocycles. The van der Waals surface area contributed by atoms with Crippen molar-refractivity contribution in [1.82, 2.24) is 4.31 Å². The average molecular weight is 573 g/mol. The van der Waals surface area contributed by atoms with Crippen LogP contribution in [0.3, 0.4) is 0 Å². The lowest BCUT2D eigenvalue weighted by Crippen LogP contribution is -2.37. The van der Waals surface area contributed by atoms with Gasteiger partial charge in [0.15, 0.2) is 0 Å². The van der Waals surface area contributed by atoms with Crippen LogP contribution >= 0.6 is 27.5 Å². The number of hydrogen-bond donors (Lipinski definition) is 2. The molecule has 0 saturated heterocycles. The van der Waals surface area contributed by atoms with Gasteiger partial charge in [-0.2, -0.15) is 4.31 Å². The number of hydrogen-bond acceptors (Lipinski definition) is 5. The first kappa shape index (κ1) is 25.3. The first-order valence-corrected chi connectivity index (χ1v) is 13.5. The molecule has 0 saturated carbocycles. The monoisotopic (exact) mass is 571 g/mol. The van der Waals surface area contributed by atoms with E-state index in [1.807, 2.05) is 0 Å². The van der Waals surface area contributed by atoms with Gasteiger partial charge < -0.3 is 5.32 Å². The summed E-state index contributed by atoms with van der Waals surface area (Å²) >= 11 is 9.49. The van der Waals surface area contributed by atoms with E-state index in [9.17, 15) is 21.6 Å². The summed E-state index contributed by atoms with van der Waals surface area (Å²) in [5.41, 5.74) is 0.816. The van der Waals surface area contributed by atoms with Crippen LogP contribution in [-0.4, -0.2) is 33.6 Å². The molecule has 0 aromatic heterocycles. The van der Waals surface area contributed by atoms with Gasteiger partial charge in [0.2, 0.25) is 26.0 Å². The number of halogens is 2. The molecule has 3 aromatic carbocycles. The molecule has 0 radical (unpaired) electrons. The Bertz CT molecular complexity index is 1360. The molecule has 0 fully saturated rings. The van der Waals surface area contributed by atoms with Gasteiger partial charge in [-0.3, -0.25) is 4.79 Å². The molecular formula is C21H19BrClN3O5S2. The lowest BCUT2D eigenvalue weighted by Gasteiger charge is -2.22. The Morgan fingerprint density at radius 3 is 2.06 bits per heavy atom. The molecule has 33 heavy (non-hydrogen) atoms. The second-order valence-electron chi connectivity index (χ2n) is 6.94. The summed E-state index contributed by atoms with van der Waals surface area (Å²) in [6, 6.07) is 18.0. The maximum Gasteiger partial charge on any atom is 0.243 e. The second kappa shape index (κ2) is 10.3. The quantitative estimate of drug-likeness (QED) is 0.427. The molecule has 3 aromatic rings. The van der Waals surface area contributed by atoms with Crippen LogP contribution < -0.4 is 10.5 Å². The highest BCUT2D eigenvalue weighted by Crippen LogP contribution is 2.24. The van der Waals surface area contributed by atoms with E-state index in [1.54, 1.807) is 36.4 Å². The van der Waals surface area contributed by atoms with Crippen molar-refractivity contribution >= 4 is 59.2 Å². The number of amides is 1. The topological polar surface area (TPSA) is 127 Å². The Labute approximate surface area is 205 Å². The number of carbonyl (C=O) groups excluding carboxylic acids is 1.